The van der Waals surface area contributed by atoms with Gasteiger partial charge in [0.1, 0.15) is 16.4 Å². The van der Waals surface area contributed by atoms with Crippen LogP contribution in [0.2, 0.25) is 10.0 Å². The normalized spacial score (nSPS) is 19.0. The molecule has 176 valence electrons. The summed E-state index contributed by atoms with van der Waals surface area (Å²) in [6.45, 7) is 0. The molecule has 0 spiro atoms. The van der Waals surface area contributed by atoms with Crippen molar-refractivity contribution in [1.82, 2.24) is 0 Å². The zero-order valence-corrected chi connectivity index (χ0v) is 20.3. The van der Waals surface area contributed by atoms with Crippen LogP contribution < -0.4 is 4.18 Å². The van der Waals surface area contributed by atoms with Crippen LogP contribution in [0.4, 0.5) is 0 Å². The van der Waals surface area contributed by atoms with Gasteiger partial charge in [0.25, 0.3) is 0 Å². The van der Waals surface area contributed by atoms with Crippen LogP contribution in [0.3, 0.4) is 0 Å². The van der Waals surface area contributed by atoms with E-state index in [4.69, 9.17) is 32.1 Å². The van der Waals surface area contributed by atoms with Crippen molar-refractivity contribution >= 4 is 44.9 Å². The Morgan fingerprint density at radius 3 is 1.97 bits per heavy atom. The number of benzene rings is 2. The second-order valence-electron chi connectivity index (χ2n) is 8.44. The summed E-state index contributed by atoms with van der Waals surface area (Å²) in [7, 11) is -4.14. The lowest BCUT2D eigenvalue weighted by molar-refractivity contribution is -0.117. The minimum atomic E-state index is -4.14. The van der Waals surface area contributed by atoms with Crippen molar-refractivity contribution in [3.8, 4) is 5.75 Å². The summed E-state index contributed by atoms with van der Waals surface area (Å²) < 4.78 is 36.6. The van der Waals surface area contributed by atoms with Crippen LogP contribution in [0, 0.1) is 0 Å². The van der Waals surface area contributed by atoms with E-state index in [9.17, 15) is 18.0 Å². The molecule has 0 amide bonds. The van der Waals surface area contributed by atoms with Crippen LogP contribution in [0.15, 0.2) is 70.0 Å². The highest BCUT2D eigenvalue weighted by Gasteiger charge is 2.41. The molecule has 9 heteroatoms. The van der Waals surface area contributed by atoms with E-state index in [1.165, 1.54) is 30.3 Å². The zero-order valence-electron chi connectivity index (χ0n) is 18.0. The molecule has 0 fully saturated rings. The van der Waals surface area contributed by atoms with E-state index < -0.39 is 16.0 Å². The van der Waals surface area contributed by atoms with Crippen molar-refractivity contribution in [2.45, 2.75) is 49.3 Å². The quantitative estimate of drug-likeness (QED) is 0.469. The van der Waals surface area contributed by atoms with E-state index in [1.807, 2.05) is 0 Å². The van der Waals surface area contributed by atoms with Crippen molar-refractivity contribution < 1.29 is 26.9 Å². The maximum atomic E-state index is 12.9. The lowest BCUT2D eigenvalue weighted by Gasteiger charge is -2.36. The number of carbonyl (C=O) groups is 2. The Bertz CT molecular complexity index is 1330. The average Bonchev–Trinajstić information content (AvgIpc) is 2.80. The largest absolute Gasteiger partial charge is 0.465 e. The van der Waals surface area contributed by atoms with Crippen LogP contribution in [-0.4, -0.2) is 20.0 Å². The molecule has 0 radical (unpaired) electrons. The molecule has 1 aliphatic heterocycles. The Kier molecular flexibility index (Phi) is 6.04. The van der Waals surface area contributed by atoms with Gasteiger partial charge in [-0.1, -0.05) is 29.3 Å². The van der Waals surface area contributed by atoms with E-state index in [0.717, 1.165) is 0 Å². The summed E-state index contributed by atoms with van der Waals surface area (Å²) in [4.78, 5) is 25.7. The third-order valence-corrected chi connectivity index (χ3v) is 8.03. The van der Waals surface area contributed by atoms with Crippen LogP contribution in [0.1, 0.15) is 50.0 Å². The van der Waals surface area contributed by atoms with Crippen molar-refractivity contribution in [2.75, 3.05) is 0 Å². The molecular weight excluding hydrogens is 499 g/mol. The number of hydrogen-bond acceptors (Lipinski definition) is 6. The average molecular weight is 519 g/mol. The molecule has 3 aliphatic rings. The molecule has 0 bridgehead atoms. The van der Waals surface area contributed by atoms with Crippen molar-refractivity contribution in [3.63, 3.8) is 0 Å². The molecule has 1 heterocycles. The van der Waals surface area contributed by atoms with Gasteiger partial charge in [-0.25, -0.2) is 0 Å². The minimum absolute atomic E-state index is 0.0436. The van der Waals surface area contributed by atoms with Gasteiger partial charge in [-0.15, -0.1) is 0 Å². The summed E-state index contributed by atoms with van der Waals surface area (Å²) in [5.74, 6) is 0.517. The summed E-state index contributed by atoms with van der Waals surface area (Å²) >= 11 is 12.3. The molecule has 0 saturated heterocycles. The van der Waals surface area contributed by atoms with E-state index in [1.54, 1.807) is 12.1 Å². The highest BCUT2D eigenvalue weighted by molar-refractivity contribution is 7.87. The molecule has 0 aromatic heterocycles. The van der Waals surface area contributed by atoms with Crippen molar-refractivity contribution in [3.05, 3.63) is 80.7 Å². The highest BCUT2D eigenvalue weighted by Crippen LogP contribution is 2.48. The number of ether oxygens (including phenoxy) is 1. The van der Waals surface area contributed by atoms with Gasteiger partial charge in [0.05, 0.1) is 5.02 Å². The number of Topliss-reactive ketones (excluding diaryl/α,β-unsaturated/α-hetero) is 2. The first-order chi connectivity index (χ1) is 16.2. The molecule has 0 unspecified atom stereocenters. The predicted molar refractivity (Wildman–Crippen MR) is 126 cm³/mol. The molecule has 0 saturated carbocycles. The Hall–Kier alpha value is -2.61. The van der Waals surface area contributed by atoms with Gasteiger partial charge in [-0.2, -0.15) is 8.42 Å². The van der Waals surface area contributed by atoms with Gasteiger partial charge >= 0.3 is 10.1 Å². The lowest BCUT2D eigenvalue weighted by atomic mass is 9.73. The Morgan fingerprint density at radius 2 is 1.41 bits per heavy atom. The topological polar surface area (TPSA) is 86.7 Å². The van der Waals surface area contributed by atoms with Gasteiger partial charge in [-0.3, -0.25) is 9.59 Å². The smallest absolute Gasteiger partial charge is 0.339 e. The number of rotatable bonds is 4. The van der Waals surface area contributed by atoms with Gasteiger partial charge in [0.15, 0.2) is 17.3 Å². The molecular formula is C25H20Cl2O6S. The standard InChI is InChI=1S/C25H20Cl2O6S/c26-15-8-10-16(11-9-15)34(30,31)33-20-12-7-14(13-17(20)27)23-24-18(28)3-1-5-21(24)32-22-6-2-4-19(29)25(22)23/h7-13,23H,1-6H2. The van der Waals surface area contributed by atoms with E-state index in [0.29, 0.717) is 71.8 Å². The molecule has 2 aromatic rings. The van der Waals surface area contributed by atoms with Gasteiger partial charge in [-0.05, 0) is 54.8 Å². The molecule has 0 atom stereocenters. The van der Waals surface area contributed by atoms with Crippen molar-refractivity contribution in [2.24, 2.45) is 0 Å². The molecule has 6 nitrogen and oxygen atoms in total. The predicted octanol–water partition coefficient (Wildman–Crippen LogP) is 5.89. The fourth-order valence-electron chi connectivity index (χ4n) is 4.68. The van der Waals surface area contributed by atoms with Crippen LogP contribution in [0.5, 0.6) is 5.75 Å². The van der Waals surface area contributed by atoms with Crippen LogP contribution in [-0.2, 0) is 24.4 Å². The highest BCUT2D eigenvalue weighted by atomic mass is 35.5. The minimum Gasteiger partial charge on any atom is -0.465 e. The number of carbonyl (C=O) groups excluding carboxylic acids is 2. The summed E-state index contributed by atoms with van der Waals surface area (Å²) in [6, 6.07) is 10.2. The summed E-state index contributed by atoms with van der Waals surface area (Å²) in [5.41, 5.74) is 1.62. The Balaban J connectivity index is 1.53. The van der Waals surface area contributed by atoms with E-state index in [2.05, 4.69) is 0 Å². The molecule has 2 aromatic carbocycles. The zero-order chi connectivity index (χ0) is 24.0. The second kappa shape index (κ2) is 8.87. The van der Waals surface area contributed by atoms with Crippen LogP contribution in [0.25, 0.3) is 0 Å². The number of allylic oxidation sites excluding steroid dienone is 4. The first kappa shape index (κ1) is 23.1. The van der Waals surface area contributed by atoms with Gasteiger partial charge in [0, 0.05) is 47.8 Å². The SMILES string of the molecule is O=C1CCCC2=C1C(c1ccc(OS(=O)(=O)c3ccc(Cl)cc3)c(Cl)c1)C1=C(CCCC1=O)O2. The first-order valence-corrected chi connectivity index (χ1v) is 13.1. The lowest BCUT2D eigenvalue weighted by Crippen LogP contribution is -2.30. The number of hydrogen-bond donors (Lipinski definition) is 0. The summed E-state index contributed by atoms with van der Waals surface area (Å²) in [6.07, 6.45) is 3.47. The first-order valence-electron chi connectivity index (χ1n) is 10.9. The van der Waals surface area contributed by atoms with Gasteiger partial charge in [0.2, 0.25) is 0 Å². The maximum absolute atomic E-state index is 12.9. The third-order valence-electron chi connectivity index (χ3n) is 6.23. The van der Waals surface area contributed by atoms with E-state index in [-0.39, 0.29) is 27.2 Å². The Morgan fingerprint density at radius 1 is 0.824 bits per heavy atom. The fourth-order valence-corrected chi connectivity index (χ4v) is 6.03. The third kappa shape index (κ3) is 4.17. The molecule has 34 heavy (non-hydrogen) atoms. The monoisotopic (exact) mass is 518 g/mol. The van der Waals surface area contributed by atoms with E-state index >= 15 is 0 Å². The van der Waals surface area contributed by atoms with Crippen molar-refractivity contribution in [1.29, 1.82) is 0 Å². The maximum Gasteiger partial charge on any atom is 0.339 e. The summed E-state index contributed by atoms with van der Waals surface area (Å²) in [5, 5.41) is 0.451. The molecule has 5 rings (SSSR count). The number of ketones is 2. The van der Waals surface area contributed by atoms with Crippen LogP contribution >= 0.6 is 23.2 Å². The number of halogens is 2. The second-order valence-corrected chi connectivity index (χ2v) is 10.8. The molecule has 2 aliphatic carbocycles. The Labute approximate surface area is 207 Å². The fraction of sp³-hybridized carbons (Fsp3) is 0.280. The molecule has 0 N–H and O–H groups in total. The van der Waals surface area contributed by atoms with Gasteiger partial charge < -0.3 is 8.92 Å².